The minimum Gasteiger partial charge on any atom is -0.354 e. The second-order valence-electron chi connectivity index (χ2n) is 3.90. The fraction of sp³-hybridized carbons (Fsp3) is 0.800. The first kappa shape index (κ1) is 12.0. The Labute approximate surface area is 90.0 Å². The van der Waals surface area contributed by atoms with Gasteiger partial charge >= 0.3 is 0 Å². The maximum atomic E-state index is 11.9. The molecule has 1 heterocycles. The Morgan fingerprint density at radius 2 is 2.33 bits per heavy atom. The molecule has 1 saturated heterocycles. The molecule has 0 bridgehead atoms. The number of amides is 2. The minimum absolute atomic E-state index is 0.0248. The van der Waals surface area contributed by atoms with Crippen molar-refractivity contribution in [2.24, 2.45) is 11.7 Å². The normalized spacial score (nSPS) is 19.3. The maximum absolute atomic E-state index is 11.9. The van der Waals surface area contributed by atoms with Gasteiger partial charge in [0.25, 0.3) is 0 Å². The average molecular weight is 213 g/mol. The van der Waals surface area contributed by atoms with Gasteiger partial charge in [0.05, 0.1) is 0 Å². The highest BCUT2D eigenvalue weighted by Gasteiger charge is 2.22. The van der Waals surface area contributed by atoms with E-state index >= 15 is 0 Å². The molecule has 1 aliphatic heterocycles. The lowest BCUT2D eigenvalue weighted by atomic mass is 10.1. The standard InChI is InChI=1S/C10H19N3O2/c1-8(2-4-11)10(15)13-6-3-9(14)12-5-7-13/h8H,2-7,11H2,1H3,(H,12,14). The smallest absolute Gasteiger partial charge is 0.225 e. The van der Waals surface area contributed by atoms with E-state index in [1.165, 1.54) is 0 Å². The summed E-state index contributed by atoms with van der Waals surface area (Å²) in [4.78, 5) is 24.7. The van der Waals surface area contributed by atoms with E-state index in [1.54, 1.807) is 4.90 Å². The van der Waals surface area contributed by atoms with Gasteiger partial charge in [-0.3, -0.25) is 9.59 Å². The van der Waals surface area contributed by atoms with Gasteiger partial charge in [-0.15, -0.1) is 0 Å². The predicted octanol–water partition coefficient (Wildman–Crippen LogP) is -0.680. The van der Waals surface area contributed by atoms with Crippen LogP contribution in [-0.4, -0.2) is 42.9 Å². The van der Waals surface area contributed by atoms with E-state index in [0.29, 0.717) is 39.0 Å². The van der Waals surface area contributed by atoms with Crippen LogP contribution in [0, 0.1) is 5.92 Å². The lowest BCUT2D eigenvalue weighted by Crippen LogP contribution is -2.38. The highest BCUT2D eigenvalue weighted by molar-refractivity contribution is 5.81. The van der Waals surface area contributed by atoms with Crippen LogP contribution in [0.2, 0.25) is 0 Å². The third kappa shape index (κ3) is 3.51. The summed E-state index contributed by atoms with van der Waals surface area (Å²) in [5, 5.41) is 2.74. The first-order valence-corrected chi connectivity index (χ1v) is 5.40. The summed E-state index contributed by atoms with van der Waals surface area (Å²) >= 11 is 0. The van der Waals surface area contributed by atoms with Crippen LogP contribution in [0.4, 0.5) is 0 Å². The topological polar surface area (TPSA) is 75.4 Å². The summed E-state index contributed by atoms with van der Waals surface area (Å²) in [6.45, 7) is 4.10. The van der Waals surface area contributed by atoms with Crippen LogP contribution < -0.4 is 11.1 Å². The van der Waals surface area contributed by atoms with Gasteiger partial charge in [0, 0.05) is 32.0 Å². The predicted molar refractivity (Wildman–Crippen MR) is 57.0 cm³/mol. The molecule has 2 amide bonds. The van der Waals surface area contributed by atoms with Gasteiger partial charge < -0.3 is 16.0 Å². The molecule has 3 N–H and O–H groups in total. The van der Waals surface area contributed by atoms with E-state index in [4.69, 9.17) is 5.73 Å². The molecule has 0 aromatic rings. The molecule has 5 nitrogen and oxygen atoms in total. The van der Waals surface area contributed by atoms with E-state index in [1.807, 2.05) is 6.92 Å². The highest BCUT2D eigenvalue weighted by atomic mass is 16.2. The molecule has 0 spiro atoms. The summed E-state index contributed by atoms with van der Waals surface area (Å²) < 4.78 is 0. The van der Waals surface area contributed by atoms with Crippen molar-refractivity contribution in [2.45, 2.75) is 19.8 Å². The monoisotopic (exact) mass is 213 g/mol. The van der Waals surface area contributed by atoms with Crippen LogP contribution in [0.3, 0.4) is 0 Å². The molecule has 1 rings (SSSR count). The van der Waals surface area contributed by atoms with Crippen molar-refractivity contribution in [3.63, 3.8) is 0 Å². The molecule has 0 saturated carbocycles. The first-order valence-electron chi connectivity index (χ1n) is 5.40. The molecule has 0 aromatic heterocycles. The van der Waals surface area contributed by atoms with Crippen molar-refractivity contribution in [2.75, 3.05) is 26.2 Å². The number of nitrogens with zero attached hydrogens (tertiary/aromatic N) is 1. The molecule has 1 aliphatic rings. The van der Waals surface area contributed by atoms with E-state index in [0.717, 1.165) is 0 Å². The molecule has 0 radical (unpaired) electrons. The largest absolute Gasteiger partial charge is 0.354 e. The van der Waals surface area contributed by atoms with Gasteiger partial charge in [0.2, 0.25) is 11.8 Å². The zero-order chi connectivity index (χ0) is 11.3. The lowest BCUT2D eigenvalue weighted by Gasteiger charge is -2.23. The molecule has 86 valence electrons. The summed E-state index contributed by atoms with van der Waals surface area (Å²) in [5.41, 5.74) is 5.41. The molecular weight excluding hydrogens is 194 g/mol. The second-order valence-corrected chi connectivity index (χ2v) is 3.90. The molecule has 1 fully saturated rings. The Morgan fingerprint density at radius 3 is 3.00 bits per heavy atom. The summed E-state index contributed by atoms with van der Waals surface area (Å²) in [6.07, 6.45) is 1.11. The second kappa shape index (κ2) is 5.70. The number of hydrogen-bond donors (Lipinski definition) is 2. The van der Waals surface area contributed by atoms with Crippen molar-refractivity contribution >= 4 is 11.8 Å². The SMILES string of the molecule is CC(CCN)C(=O)N1CCNC(=O)CC1. The summed E-state index contributed by atoms with van der Waals surface area (Å²) in [5.74, 6) is 0.0944. The van der Waals surface area contributed by atoms with Crippen molar-refractivity contribution in [1.29, 1.82) is 0 Å². The van der Waals surface area contributed by atoms with Crippen LogP contribution in [0.15, 0.2) is 0 Å². The van der Waals surface area contributed by atoms with Gasteiger partial charge in [-0.2, -0.15) is 0 Å². The minimum atomic E-state index is -0.0387. The lowest BCUT2D eigenvalue weighted by molar-refractivity contribution is -0.135. The van der Waals surface area contributed by atoms with Crippen LogP contribution in [0.25, 0.3) is 0 Å². The van der Waals surface area contributed by atoms with Crippen molar-refractivity contribution in [3.8, 4) is 0 Å². The maximum Gasteiger partial charge on any atom is 0.225 e. The molecule has 5 heteroatoms. The number of nitrogens with one attached hydrogen (secondary N) is 1. The number of carbonyl (C=O) groups is 2. The van der Waals surface area contributed by atoms with Crippen LogP contribution >= 0.6 is 0 Å². The Morgan fingerprint density at radius 1 is 1.60 bits per heavy atom. The zero-order valence-corrected chi connectivity index (χ0v) is 9.16. The Balaban J connectivity index is 2.47. The fourth-order valence-corrected chi connectivity index (χ4v) is 1.67. The first-order chi connectivity index (χ1) is 7.15. The summed E-state index contributed by atoms with van der Waals surface area (Å²) in [6, 6.07) is 0. The average Bonchev–Trinajstić information content (AvgIpc) is 2.42. The molecule has 0 aliphatic carbocycles. The number of hydrogen-bond acceptors (Lipinski definition) is 3. The van der Waals surface area contributed by atoms with Gasteiger partial charge in [-0.1, -0.05) is 6.92 Å². The van der Waals surface area contributed by atoms with Crippen molar-refractivity contribution < 1.29 is 9.59 Å². The van der Waals surface area contributed by atoms with E-state index < -0.39 is 0 Å². The van der Waals surface area contributed by atoms with Crippen LogP contribution in [0.5, 0.6) is 0 Å². The molecule has 1 unspecified atom stereocenters. The zero-order valence-electron chi connectivity index (χ0n) is 9.16. The van der Waals surface area contributed by atoms with E-state index in [9.17, 15) is 9.59 Å². The van der Waals surface area contributed by atoms with Gasteiger partial charge in [0.1, 0.15) is 0 Å². The van der Waals surface area contributed by atoms with E-state index in [-0.39, 0.29) is 17.7 Å². The Bertz CT molecular complexity index is 243. The van der Waals surface area contributed by atoms with Crippen LogP contribution in [0.1, 0.15) is 19.8 Å². The van der Waals surface area contributed by atoms with Gasteiger partial charge in [-0.25, -0.2) is 0 Å². The number of nitrogens with two attached hydrogens (primary N) is 1. The van der Waals surface area contributed by atoms with Crippen molar-refractivity contribution in [3.05, 3.63) is 0 Å². The Hall–Kier alpha value is -1.10. The van der Waals surface area contributed by atoms with Crippen molar-refractivity contribution in [1.82, 2.24) is 10.2 Å². The Kier molecular flexibility index (Phi) is 4.55. The molecule has 1 atom stereocenters. The van der Waals surface area contributed by atoms with E-state index in [2.05, 4.69) is 5.32 Å². The highest BCUT2D eigenvalue weighted by Crippen LogP contribution is 2.08. The number of rotatable bonds is 3. The molecule has 0 aromatic carbocycles. The molecule has 15 heavy (non-hydrogen) atoms. The molecular formula is C10H19N3O2. The summed E-state index contributed by atoms with van der Waals surface area (Å²) in [7, 11) is 0. The van der Waals surface area contributed by atoms with Crippen LogP contribution in [-0.2, 0) is 9.59 Å². The van der Waals surface area contributed by atoms with Gasteiger partial charge in [-0.05, 0) is 13.0 Å². The fourth-order valence-electron chi connectivity index (χ4n) is 1.67. The third-order valence-electron chi connectivity index (χ3n) is 2.65. The number of carbonyl (C=O) groups excluding carboxylic acids is 2. The quantitative estimate of drug-likeness (QED) is 0.652. The third-order valence-corrected chi connectivity index (χ3v) is 2.65. The van der Waals surface area contributed by atoms with Gasteiger partial charge in [0.15, 0.2) is 0 Å².